The third-order valence-corrected chi connectivity index (χ3v) is 1.83. The molecule has 0 aromatic carbocycles. The first-order chi connectivity index (χ1) is 5.24. The van der Waals surface area contributed by atoms with Crippen LogP contribution in [0.4, 0.5) is 0 Å². The van der Waals surface area contributed by atoms with Crippen molar-refractivity contribution in [1.29, 1.82) is 0 Å². The molecule has 0 aliphatic rings. The SMILES string of the molecule is CSCC(=O)c1ccn(C)n1. The third-order valence-electron chi connectivity index (χ3n) is 1.27. The maximum atomic E-state index is 11.2. The van der Waals surface area contributed by atoms with Crippen LogP contribution in [-0.4, -0.2) is 27.6 Å². The minimum Gasteiger partial charge on any atom is -0.291 e. The highest BCUT2D eigenvalue weighted by atomic mass is 32.2. The molecule has 0 saturated heterocycles. The van der Waals surface area contributed by atoms with Crippen molar-refractivity contribution in [3.05, 3.63) is 18.0 Å². The van der Waals surface area contributed by atoms with Gasteiger partial charge in [0, 0.05) is 13.2 Å². The Hall–Kier alpha value is -0.770. The van der Waals surface area contributed by atoms with Crippen molar-refractivity contribution in [2.24, 2.45) is 7.05 Å². The Morgan fingerprint density at radius 1 is 1.82 bits per heavy atom. The van der Waals surface area contributed by atoms with Crippen molar-refractivity contribution in [2.75, 3.05) is 12.0 Å². The zero-order valence-electron chi connectivity index (χ0n) is 6.57. The summed E-state index contributed by atoms with van der Waals surface area (Å²) in [6.07, 6.45) is 3.68. The van der Waals surface area contributed by atoms with Gasteiger partial charge >= 0.3 is 0 Å². The first-order valence-corrected chi connectivity index (χ1v) is 4.65. The minimum absolute atomic E-state index is 0.0955. The van der Waals surface area contributed by atoms with E-state index in [1.54, 1.807) is 24.0 Å². The Labute approximate surface area is 69.8 Å². The molecule has 3 nitrogen and oxygen atoms in total. The molecule has 0 aliphatic carbocycles. The van der Waals surface area contributed by atoms with Gasteiger partial charge in [-0.1, -0.05) is 0 Å². The molecule has 0 saturated carbocycles. The van der Waals surface area contributed by atoms with Crippen LogP contribution in [-0.2, 0) is 7.05 Å². The van der Waals surface area contributed by atoms with Gasteiger partial charge in [0.05, 0.1) is 5.75 Å². The Morgan fingerprint density at radius 3 is 3.00 bits per heavy atom. The van der Waals surface area contributed by atoms with Gasteiger partial charge in [-0.25, -0.2) is 0 Å². The lowest BCUT2D eigenvalue weighted by Gasteiger charge is -1.91. The molecule has 0 aliphatic heterocycles. The van der Waals surface area contributed by atoms with Crippen molar-refractivity contribution in [3.63, 3.8) is 0 Å². The van der Waals surface area contributed by atoms with E-state index >= 15 is 0 Å². The van der Waals surface area contributed by atoms with E-state index < -0.39 is 0 Å². The van der Waals surface area contributed by atoms with Gasteiger partial charge in [-0.3, -0.25) is 9.48 Å². The molecule has 0 bridgehead atoms. The average Bonchev–Trinajstić information content (AvgIpc) is 2.36. The van der Waals surface area contributed by atoms with Gasteiger partial charge in [-0.15, -0.1) is 0 Å². The molecule has 4 heteroatoms. The fourth-order valence-corrected chi connectivity index (χ4v) is 1.18. The Bertz CT molecular complexity index is 257. The quantitative estimate of drug-likeness (QED) is 0.634. The smallest absolute Gasteiger partial charge is 0.192 e. The zero-order valence-corrected chi connectivity index (χ0v) is 7.39. The van der Waals surface area contributed by atoms with Crippen LogP contribution in [0.15, 0.2) is 12.3 Å². The third kappa shape index (κ3) is 2.08. The number of carbonyl (C=O) groups excluding carboxylic acids is 1. The number of carbonyl (C=O) groups is 1. The van der Waals surface area contributed by atoms with E-state index in [2.05, 4.69) is 5.10 Å². The van der Waals surface area contributed by atoms with Gasteiger partial charge < -0.3 is 0 Å². The van der Waals surface area contributed by atoms with E-state index in [4.69, 9.17) is 0 Å². The first kappa shape index (κ1) is 8.33. The Balaban J connectivity index is 2.69. The summed E-state index contributed by atoms with van der Waals surface area (Å²) in [6, 6.07) is 1.73. The normalized spacial score (nSPS) is 10.0. The van der Waals surface area contributed by atoms with Gasteiger partial charge in [0.15, 0.2) is 5.78 Å². The lowest BCUT2D eigenvalue weighted by atomic mass is 10.3. The van der Waals surface area contributed by atoms with Gasteiger partial charge in [-0.2, -0.15) is 16.9 Å². The molecular weight excluding hydrogens is 160 g/mol. The van der Waals surface area contributed by atoms with Crippen LogP contribution >= 0.6 is 11.8 Å². The molecule has 0 atom stereocenters. The number of rotatable bonds is 3. The largest absolute Gasteiger partial charge is 0.291 e. The summed E-state index contributed by atoms with van der Waals surface area (Å²) in [4.78, 5) is 11.2. The summed E-state index contributed by atoms with van der Waals surface area (Å²) in [5.41, 5.74) is 0.557. The molecule has 0 radical (unpaired) electrons. The topological polar surface area (TPSA) is 34.9 Å². The van der Waals surface area contributed by atoms with Crippen LogP contribution < -0.4 is 0 Å². The van der Waals surface area contributed by atoms with Crippen LogP contribution in [0, 0.1) is 0 Å². The molecule has 0 fully saturated rings. The summed E-state index contributed by atoms with van der Waals surface area (Å²) in [5, 5.41) is 3.98. The van der Waals surface area contributed by atoms with Gasteiger partial charge in [0.1, 0.15) is 5.69 Å². The summed E-state index contributed by atoms with van der Waals surface area (Å²) in [6.45, 7) is 0. The summed E-state index contributed by atoms with van der Waals surface area (Å²) >= 11 is 1.52. The number of nitrogens with zero attached hydrogens (tertiary/aromatic N) is 2. The monoisotopic (exact) mass is 170 g/mol. The van der Waals surface area contributed by atoms with E-state index in [0.717, 1.165) is 0 Å². The molecule has 11 heavy (non-hydrogen) atoms. The fourth-order valence-electron chi connectivity index (χ4n) is 0.769. The van der Waals surface area contributed by atoms with Crippen LogP contribution in [0.5, 0.6) is 0 Å². The maximum absolute atomic E-state index is 11.2. The van der Waals surface area contributed by atoms with Gasteiger partial charge in [0.25, 0.3) is 0 Å². The highest BCUT2D eigenvalue weighted by Crippen LogP contribution is 2.01. The fraction of sp³-hybridized carbons (Fsp3) is 0.429. The zero-order chi connectivity index (χ0) is 8.27. The predicted octanol–water partition coefficient (Wildman–Crippen LogP) is 0.966. The van der Waals surface area contributed by atoms with E-state index in [-0.39, 0.29) is 5.78 Å². The molecule has 1 rings (SSSR count). The molecule has 60 valence electrons. The van der Waals surface area contributed by atoms with Crippen molar-refractivity contribution < 1.29 is 4.79 Å². The van der Waals surface area contributed by atoms with E-state index in [1.165, 1.54) is 11.8 Å². The molecular formula is C7H10N2OS. The number of aryl methyl sites for hydroxylation is 1. The van der Waals surface area contributed by atoms with Crippen molar-refractivity contribution >= 4 is 17.5 Å². The number of hydrogen-bond acceptors (Lipinski definition) is 3. The number of hydrogen-bond donors (Lipinski definition) is 0. The molecule has 0 N–H and O–H groups in total. The first-order valence-electron chi connectivity index (χ1n) is 3.26. The summed E-state index contributed by atoms with van der Waals surface area (Å²) in [5.74, 6) is 0.606. The van der Waals surface area contributed by atoms with E-state index in [9.17, 15) is 4.79 Å². The van der Waals surface area contributed by atoms with Gasteiger partial charge in [-0.05, 0) is 12.3 Å². The average molecular weight is 170 g/mol. The van der Waals surface area contributed by atoms with Crippen LogP contribution in [0.25, 0.3) is 0 Å². The minimum atomic E-state index is 0.0955. The van der Waals surface area contributed by atoms with Crippen molar-refractivity contribution in [1.82, 2.24) is 9.78 Å². The molecule has 0 amide bonds. The highest BCUT2D eigenvalue weighted by molar-refractivity contribution is 7.99. The lowest BCUT2D eigenvalue weighted by Crippen LogP contribution is -2.03. The lowest BCUT2D eigenvalue weighted by molar-refractivity contribution is 0.101. The number of Topliss-reactive ketones (excluding diaryl/α,β-unsaturated/α-hetero) is 1. The standard InChI is InChI=1S/C7H10N2OS/c1-9-4-3-6(8-9)7(10)5-11-2/h3-4H,5H2,1-2H3. The van der Waals surface area contributed by atoms with Crippen LogP contribution in [0.1, 0.15) is 10.5 Å². The second-order valence-corrected chi connectivity index (χ2v) is 3.10. The predicted molar refractivity (Wildman–Crippen MR) is 45.9 cm³/mol. The van der Waals surface area contributed by atoms with Crippen LogP contribution in [0.3, 0.4) is 0 Å². The number of thioether (sulfide) groups is 1. The Kier molecular flexibility index (Phi) is 2.70. The number of ketones is 1. The highest BCUT2D eigenvalue weighted by Gasteiger charge is 2.06. The molecule has 0 unspecified atom stereocenters. The molecule has 0 spiro atoms. The van der Waals surface area contributed by atoms with Crippen molar-refractivity contribution in [3.8, 4) is 0 Å². The Morgan fingerprint density at radius 2 is 2.55 bits per heavy atom. The van der Waals surface area contributed by atoms with Gasteiger partial charge in [0.2, 0.25) is 0 Å². The van der Waals surface area contributed by atoms with Crippen molar-refractivity contribution in [2.45, 2.75) is 0 Å². The number of aromatic nitrogens is 2. The van der Waals surface area contributed by atoms with E-state index in [0.29, 0.717) is 11.4 Å². The summed E-state index contributed by atoms with van der Waals surface area (Å²) in [7, 11) is 1.80. The summed E-state index contributed by atoms with van der Waals surface area (Å²) < 4.78 is 1.63. The molecule has 1 aromatic rings. The second-order valence-electron chi connectivity index (χ2n) is 2.23. The molecule has 1 heterocycles. The van der Waals surface area contributed by atoms with Crippen LogP contribution in [0.2, 0.25) is 0 Å². The van der Waals surface area contributed by atoms with E-state index in [1.807, 2.05) is 6.26 Å². The molecule has 1 aromatic heterocycles. The maximum Gasteiger partial charge on any atom is 0.192 e. The second kappa shape index (κ2) is 3.57.